The average molecular weight is 303 g/mol. The number of nitrogens with zero attached hydrogens (tertiary/aromatic N) is 1. The van der Waals surface area contributed by atoms with Crippen molar-refractivity contribution in [3.8, 4) is 0 Å². The van der Waals surface area contributed by atoms with E-state index in [9.17, 15) is 8.42 Å². The second-order valence-electron chi connectivity index (χ2n) is 7.01. The molecule has 2 atom stereocenters. The van der Waals surface area contributed by atoms with Crippen LogP contribution in [0.25, 0.3) is 0 Å². The second kappa shape index (κ2) is 6.30. The van der Waals surface area contributed by atoms with E-state index in [1.807, 2.05) is 0 Å². The lowest BCUT2D eigenvalue weighted by Crippen LogP contribution is -2.54. The highest BCUT2D eigenvalue weighted by atomic mass is 32.2. The van der Waals surface area contributed by atoms with Gasteiger partial charge in [-0.25, -0.2) is 0 Å². The fraction of sp³-hybridized carbons (Fsp3) is 1.00. The summed E-state index contributed by atoms with van der Waals surface area (Å²) < 4.78 is 29.7. The zero-order valence-electron chi connectivity index (χ0n) is 12.8. The highest BCUT2D eigenvalue weighted by Gasteiger charge is 2.37. The minimum atomic E-state index is -3.37. The topological polar surface area (TPSA) is 75.4 Å². The Labute approximate surface area is 123 Å². The highest BCUT2D eigenvalue weighted by Crippen LogP contribution is 2.36. The van der Waals surface area contributed by atoms with E-state index in [0.29, 0.717) is 25.6 Å². The Balaban J connectivity index is 2.03. The highest BCUT2D eigenvalue weighted by molar-refractivity contribution is 7.87. The van der Waals surface area contributed by atoms with Crippen molar-refractivity contribution in [1.29, 1.82) is 0 Å². The summed E-state index contributed by atoms with van der Waals surface area (Å²) in [5.74, 6) is 0.305. The molecule has 2 aliphatic rings. The lowest BCUT2D eigenvalue weighted by atomic mass is 9.74. The number of piperidine rings is 1. The molecule has 1 saturated carbocycles. The summed E-state index contributed by atoms with van der Waals surface area (Å²) in [5, 5.41) is 0. The number of hydrogen-bond acceptors (Lipinski definition) is 3. The largest absolute Gasteiger partial charge is 0.330 e. The lowest BCUT2D eigenvalue weighted by Gasteiger charge is -2.40. The van der Waals surface area contributed by atoms with E-state index < -0.39 is 10.2 Å². The van der Waals surface area contributed by atoms with Crippen molar-refractivity contribution >= 4 is 10.2 Å². The summed E-state index contributed by atoms with van der Waals surface area (Å²) in [4.78, 5) is 0. The lowest BCUT2D eigenvalue weighted by molar-refractivity contribution is 0.182. The van der Waals surface area contributed by atoms with Gasteiger partial charge in [-0.2, -0.15) is 17.4 Å². The van der Waals surface area contributed by atoms with E-state index in [2.05, 4.69) is 18.6 Å². The van der Waals surface area contributed by atoms with E-state index in [4.69, 9.17) is 5.73 Å². The van der Waals surface area contributed by atoms with Gasteiger partial charge in [-0.3, -0.25) is 0 Å². The van der Waals surface area contributed by atoms with Crippen LogP contribution >= 0.6 is 0 Å². The number of hydrogen-bond donors (Lipinski definition) is 2. The smallest absolute Gasteiger partial charge is 0.279 e. The van der Waals surface area contributed by atoms with Gasteiger partial charge in [0.1, 0.15) is 0 Å². The van der Waals surface area contributed by atoms with Gasteiger partial charge >= 0.3 is 0 Å². The summed E-state index contributed by atoms with van der Waals surface area (Å²) in [7, 11) is -3.37. The van der Waals surface area contributed by atoms with Crippen LogP contribution in [0.2, 0.25) is 0 Å². The van der Waals surface area contributed by atoms with Crippen LogP contribution in [0.5, 0.6) is 0 Å². The van der Waals surface area contributed by atoms with Gasteiger partial charge in [0.15, 0.2) is 0 Å². The zero-order chi connectivity index (χ0) is 14.8. The van der Waals surface area contributed by atoms with E-state index >= 15 is 0 Å². The van der Waals surface area contributed by atoms with Crippen molar-refractivity contribution in [3.63, 3.8) is 0 Å². The standard InChI is InChI=1S/C14H29N3O2S/c1-14(2)8-4-3-7-13(14)16-20(18,19)17-9-5-6-12(10-15)11-17/h12-13,16H,3-11,15H2,1-2H3. The molecule has 2 fully saturated rings. The molecule has 2 rings (SSSR count). The van der Waals surface area contributed by atoms with Gasteiger partial charge in [-0.05, 0) is 43.6 Å². The normalized spacial score (nSPS) is 32.1. The third-order valence-electron chi connectivity index (χ3n) is 4.95. The van der Waals surface area contributed by atoms with Crippen LogP contribution in [0, 0.1) is 11.3 Å². The molecule has 2 unspecified atom stereocenters. The van der Waals surface area contributed by atoms with Crippen LogP contribution in [-0.2, 0) is 10.2 Å². The van der Waals surface area contributed by atoms with Crippen molar-refractivity contribution in [1.82, 2.24) is 9.03 Å². The minimum Gasteiger partial charge on any atom is -0.330 e. The Kier molecular flexibility index (Phi) is 5.10. The monoisotopic (exact) mass is 303 g/mol. The van der Waals surface area contributed by atoms with Gasteiger partial charge in [-0.15, -0.1) is 0 Å². The average Bonchev–Trinajstić information content (AvgIpc) is 2.41. The Morgan fingerprint density at radius 1 is 1.25 bits per heavy atom. The van der Waals surface area contributed by atoms with E-state index in [1.54, 1.807) is 4.31 Å². The maximum absolute atomic E-state index is 12.6. The molecule has 1 aliphatic heterocycles. The van der Waals surface area contributed by atoms with E-state index in [0.717, 1.165) is 32.1 Å². The fourth-order valence-corrected chi connectivity index (χ4v) is 5.13. The molecule has 3 N–H and O–H groups in total. The van der Waals surface area contributed by atoms with E-state index in [-0.39, 0.29) is 11.5 Å². The quantitative estimate of drug-likeness (QED) is 0.825. The Morgan fingerprint density at radius 3 is 2.65 bits per heavy atom. The Hall–Kier alpha value is -0.170. The van der Waals surface area contributed by atoms with Gasteiger partial charge < -0.3 is 5.73 Å². The first-order valence-electron chi connectivity index (χ1n) is 7.82. The van der Waals surface area contributed by atoms with Gasteiger partial charge in [0, 0.05) is 19.1 Å². The summed E-state index contributed by atoms with van der Waals surface area (Å²) in [6.45, 7) is 6.09. The third-order valence-corrected chi connectivity index (χ3v) is 6.55. The van der Waals surface area contributed by atoms with Crippen molar-refractivity contribution in [2.45, 2.75) is 58.4 Å². The molecule has 5 nitrogen and oxygen atoms in total. The molecule has 0 aromatic rings. The molecule has 0 aromatic carbocycles. The summed E-state index contributed by atoms with van der Waals surface area (Å²) >= 11 is 0. The SMILES string of the molecule is CC1(C)CCCCC1NS(=O)(=O)N1CCCC(CN)C1. The number of nitrogens with two attached hydrogens (primary N) is 1. The van der Waals surface area contributed by atoms with Crippen molar-refractivity contribution in [2.75, 3.05) is 19.6 Å². The second-order valence-corrected chi connectivity index (χ2v) is 8.71. The molecule has 118 valence electrons. The van der Waals surface area contributed by atoms with Crippen molar-refractivity contribution in [3.05, 3.63) is 0 Å². The molecule has 20 heavy (non-hydrogen) atoms. The zero-order valence-corrected chi connectivity index (χ0v) is 13.6. The molecule has 1 aliphatic carbocycles. The van der Waals surface area contributed by atoms with Gasteiger partial charge in [0.05, 0.1) is 0 Å². The molecule has 0 radical (unpaired) electrons. The predicted octanol–water partition coefficient (Wildman–Crippen LogP) is 1.46. The van der Waals surface area contributed by atoms with Crippen LogP contribution in [0.3, 0.4) is 0 Å². The van der Waals surface area contributed by atoms with Gasteiger partial charge in [0.2, 0.25) is 0 Å². The predicted molar refractivity (Wildman–Crippen MR) is 81.4 cm³/mol. The summed E-state index contributed by atoms with van der Waals surface area (Å²) in [6, 6.07) is 0.0551. The molecule has 1 saturated heterocycles. The first-order chi connectivity index (χ1) is 9.35. The van der Waals surface area contributed by atoms with E-state index in [1.165, 1.54) is 6.42 Å². The number of rotatable bonds is 4. The molecule has 6 heteroatoms. The van der Waals surface area contributed by atoms with Crippen molar-refractivity contribution < 1.29 is 8.42 Å². The summed E-state index contributed by atoms with van der Waals surface area (Å²) in [5.41, 5.74) is 5.74. The van der Waals surface area contributed by atoms with Crippen molar-refractivity contribution in [2.24, 2.45) is 17.1 Å². The Bertz CT molecular complexity index is 422. The molecule has 0 bridgehead atoms. The molecule has 1 heterocycles. The first kappa shape index (κ1) is 16.2. The maximum atomic E-state index is 12.6. The third kappa shape index (κ3) is 3.72. The first-order valence-corrected chi connectivity index (χ1v) is 9.26. The van der Waals surface area contributed by atoms with Gasteiger partial charge in [-0.1, -0.05) is 26.7 Å². The molecule has 0 aromatic heterocycles. The van der Waals surface area contributed by atoms with Crippen LogP contribution in [0.4, 0.5) is 0 Å². The Morgan fingerprint density at radius 2 is 2.00 bits per heavy atom. The van der Waals surface area contributed by atoms with Crippen LogP contribution in [0.15, 0.2) is 0 Å². The molecule has 0 amide bonds. The fourth-order valence-electron chi connectivity index (χ4n) is 3.40. The molecule has 0 spiro atoms. The van der Waals surface area contributed by atoms with Crippen LogP contribution in [0.1, 0.15) is 52.4 Å². The van der Waals surface area contributed by atoms with Gasteiger partial charge in [0.25, 0.3) is 10.2 Å². The maximum Gasteiger partial charge on any atom is 0.279 e. The van der Waals surface area contributed by atoms with Crippen LogP contribution in [-0.4, -0.2) is 38.4 Å². The minimum absolute atomic E-state index is 0.0500. The number of nitrogens with one attached hydrogen (secondary N) is 1. The molecular weight excluding hydrogens is 274 g/mol. The summed E-state index contributed by atoms with van der Waals surface area (Å²) in [6.07, 6.45) is 6.30. The molecular formula is C14H29N3O2S. The van der Waals surface area contributed by atoms with Crippen LogP contribution < -0.4 is 10.5 Å².